The fourth-order valence-electron chi connectivity index (χ4n) is 3.12. The molecule has 1 saturated heterocycles. The zero-order valence-corrected chi connectivity index (χ0v) is 12.2. The molecule has 1 aromatic carbocycles. The highest BCUT2D eigenvalue weighted by atomic mass is 16.3. The second-order valence-electron chi connectivity index (χ2n) is 5.79. The van der Waals surface area contributed by atoms with Crippen LogP contribution in [0.4, 0.5) is 5.69 Å². The molecule has 1 unspecified atom stereocenters. The van der Waals surface area contributed by atoms with Gasteiger partial charge in [0.15, 0.2) is 0 Å². The van der Waals surface area contributed by atoms with Gasteiger partial charge in [-0.05, 0) is 42.9 Å². The summed E-state index contributed by atoms with van der Waals surface area (Å²) < 4.78 is 0. The van der Waals surface area contributed by atoms with E-state index in [2.05, 4.69) is 34.1 Å². The molecule has 1 aromatic heterocycles. The molecule has 0 saturated carbocycles. The lowest BCUT2D eigenvalue weighted by Crippen LogP contribution is -2.38. The first-order valence-corrected chi connectivity index (χ1v) is 7.70. The fourth-order valence-corrected chi connectivity index (χ4v) is 3.12. The molecular weight excluding hydrogens is 260 g/mol. The molecule has 0 amide bonds. The first kappa shape index (κ1) is 14.1. The molecule has 21 heavy (non-hydrogen) atoms. The normalized spacial score (nSPS) is 17.7. The molecule has 3 rings (SSSR count). The van der Waals surface area contributed by atoms with Gasteiger partial charge in [0.1, 0.15) is 0 Å². The molecule has 1 aliphatic rings. The minimum atomic E-state index is -0.230. The van der Waals surface area contributed by atoms with E-state index in [4.69, 9.17) is 0 Å². The Morgan fingerprint density at radius 2 is 1.71 bits per heavy atom. The molecule has 0 aliphatic carbocycles. The molecule has 110 valence electrons. The highest BCUT2D eigenvalue weighted by Crippen LogP contribution is 2.26. The Morgan fingerprint density at radius 3 is 2.38 bits per heavy atom. The number of aliphatic hydroxyl groups is 1. The molecular formula is C18H22N2O. The summed E-state index contributed by atoms with van der Waals surface area (Å²) in [7, 11) is 0. The first-order valence-electron chi connectivity index (χ1n) is 7.70. The number of benzene rings is 1. The minimum absolute atomic E-state index is 0.230. The van der Waals surface area contributed by atoms with Gasteiger partial charge in [-0.2, -0.15) is 0 Å². The number of anilines is 1. The number of hydrogen-bond acceptors (Lipinski definition) is 3. The third kappa shape index (κ3) is 3.61. The Morgan fingerprint density at radius 1 is 1.05 bits per heavy atom. The van der Waals surface area contributed by atoms with E-state index in [0.717, 1.165) is 32.4 Å². The van der Waals surface area contributed by atoms with Crippen LogP contribution >= 0.6 is 0 Å². The van der Waals surface area contributed by atoms with E-state index in [1.165, 1.54) is 11.3 Å². The van der Waals surface area contributed by atoms with Gasteiger partial charge in [0.25, 0.3) is 0 Å². The highest BCUT2D eigenvalue weighted by molar-refractivity contribution is 5.44. The second kappa shape index (κ2) is 6.72. The van der Waals surface area contributed by atoms with E-state index in [-0.39, 0.29) is 6.10 Å². The third-order valence-electron chi connectivity index (χ3n) is 4.40. The van der Waals surface area contributed by atoms with Gasteiger partial charge >= 0.3 is 0 Å². The zero-order valence-electron chi connectivity index (χ0n) is 12.2. The van der Waals surface area contributed by atoms with E-state index in [1.54, 1.807) is 0 Å². The van der Waals surface area contributed by atoms with Crippen molar-refractivity contribution >= 4 is 5.69 Å². The van der Waals surface area contributed by atoms with Crippen LogP contribution in [0.2, 0.25) is 0 Å². The molecule has 1 aliphatic heterocycles. The Kier molecular flexibility index (Phi) is 4.51. The van der Waals surface area contributed by atoms with Gasteiger partial charge in [-0.1, -0.05) is 30.3 Å². The van der Waals surface area contributed by atoms with Crippen LogP contribution in [-0.2, 0) is 6.42 Å². The third-order valence-corrected chi connectivity index (χ3v) is 4.40. The highest BCUT2D eigenvalue weighted by Gasteiger charge is 2.25. The van der Waals surface area contributed by atoms with Crippen molar-refractivity contribution in [3.63, 3.8) is 0 Å². The predicted octanol–water partition coefficient (Wildman–Crippen LogP) is 2.90. The van der Waals surface area contributed by atoms with Gasteiger partial charge < -0.3 is 10.0 Å². The summed E-state index contributed by atoms with van der Waals surface area (Å²) in [6.45, 7) is 2.03. The van der Waals surface area contributed by atoms with Gasteiger partial charge in [0.2, 0.25) is 0 Å². The average Bonchev–Trinajstić information content (AvgIpc) is 2.57. The average molecular weight is 282 g/mol. The predicted molar refractivity (Wildman–Crippen MR) is 85.3 cm³/mol. The first-order chi connectivity index (χ1) is 10.3. The maximum Gasteiger partial charge on any atom is 0.0610 e. The molecule has 1 atom stereocenters. The Bertz CT molecular complexity index is 536. The van der Waals surface area contributed by atoms with Crippen molar-refractivity contribution in [1.82, 2.24) is 4.98 Å². The van der Waals surface area contributed by atoms with Gasteiger partial charge in [-0.25, -0.2) is 0 Å². The number of rotatable bonds is 4. The Labute approximate surface area is 126 Å². The monoisotopic (exact) mass is 282 g/mol. The van der Waals surface area contributed by atoms with Crippen LogP contribution in [0, 0.1) is 5.92 Å². The summed E-state index contributed by atoms with van der Waals surface area (Å²) in [6, 6.07) is 14.4. The molecule has 1 fully saturated rings. The maximum absolute atomic E-state index is 10.5. The van der Waals surface area contributed by atoms with Crippen LogP contribution < -0.4 is 4.90 Å². The zero-order chi connectivity index (χ0) is 14.5. The number of aliphatic hydroxyl groups excluding tert-OH is 1. The van der Waals surface area contributed by atoms with E-state index in [1.807, 2.05) is 30.6 Å². The van der Waals surface area contributed by atoms with Gasteiger partial charge in [-0.3, -0.25) is 4.98 Å². The van der Waals surface area contributed by atoms with Crippen LogP contribution in [0.1, 0.15) is 18.4 Å². The van der Waals surface area contributed by atoms with Crippen LogP contribution in [0.25, 0.3) is 0 Å². The summed E-state index contributed by atoms with van der Waals surface area (Å²) in [4.78, 5) is 6.45. The lowest BCUT2D eigenvalue weighted by Gasteiger charge is -2.35. The quantitative estimate of drug-likeness (QED) is 0.936. The Hall–Kier alpha value is -1.87. The standard InChI is InChI=1S/C18H22N2O/c21-18(14-15-4-2-1-3-5-15)16-8-12-20(13-9-16)17-6-10-19-11-7-17/h1-7,10-11,16,18,21H,8-9,12-14H2. The minimum Gasteiger partial charge on any atom is -0.392 e. The SMILES string of the molecule is OC(Cc1ccccc1)C1CCN(c2ccncc2)CC1. The Balaban J connectivity index is 1.53. The molecule has 3 nitrogen and oxygen atoms in total. The molecule has 3 heteroatoms. The number of hydrogen-bond donors (Lipinski definition) is 1. The topological polar surface area (TPSA) is 36.4 Å². The van der Waals surface area contributed by atoms with E-state index >= 15 is 0 Å². The van der Waals surface area contributed by atoms with Crippen LogP contribution in [-0.4, -0.2) is 29.3 Å². The van der Waals surface area contributed by atoms with Crippen molar-refractivity contribution in [2.45, 2.75) is 25.4 Å². The van der Waals surface area contributed by atoms with Gasteiger partial charge in [-0.15, -0.1) is 0 Å². The lowest BCUT2D eigenvalue weighted by atomic mass is 9.88. The second-order valence-corrected chi connectivity index (χ2v) is 5.79. The number of aromatic nitrogens is 1. The van der Waals surface area contributed by atoms with Crippen molar-refractivity contribution in [2.75, 3.05) is 18.0 Å². The number of nitrogens with zero attached hydrogens (tertiary/aromatic N) is 2. The fraction of sp³-hybridized carbons (Fsp3) is 0.389. The van der Waals surface area contributed by atoms with Crippen molar-refractivity contribution in [2.24, 2.45) is 5.92 Å². The summed E-state index contributed by atoms with van der Waals surface area (Å²) in [5.41, 5.74) is 2.46. The largest absolute Gasteiger partial charge is 0.392 e. The van der Waals surface area contributed by atoms with Gasteiger partial charge in [0.05, 0.1) is 6.10 Å². The molecule has 0 radical (unpaired) electrons. The molecule has 0 bridgehead atoms. The lowest BCUT2D eigenvalue weighted by molar-refractivity contribution is 0.0930. The van der Waals surface area contributed by atoms with Crippen molar-refractivity contribution in [3.05, 3.63) is 60.4 Å². The van der Waals surface area contributed by atoms with Crippen molar-refractivity contribution in [1.29, 1.82) is 0 Å². The summed E-state index contributed by atoms with van der Waals surface area (Å²) in [6.07, 6.45) is 6.32. The molecule has 2 heterocycles. The van der Waals surface area contributed by atoms with Crippen molar-refractivity contribution in [3.8, 4) is 0 Å². The smallest absolute Gasteiger partial charge is 0.0610 e. The number of pyridine rings is 1. The summed E-state index contributed by atoms with van der Waals surface area (Å²) in [5, 5.41) is 10.5. The van der Waals surface area contributed by atoms with Crippen LogP contribution in [0.3, 0.4) is 0 Å². The van der Waals surface area contributed by atoms with Crippen LogP contribution in [0.15, 0.2) is 54.9 Å². The van der Waals surface area contributed by atoms with E-state index < -0.39 is 0 Å². The number of piperidine rings is 1. The molecule has 0 spiro atoms. The van der Waals surface area contributed by atoms with Crippen LogP contribution in [0.5, 0.6) is 0 Å². The van der Waals surface area contributed by atoms with E-state index in [0.29, 0.717) is 5.92 Å². The van der Waals surface area contributed by atoms with Crippen molar-refractivity contribution < 1.29 is 5.11 Å². The maximum atomic E-state index is 10.5. The summed E-state index contributed by atoms with van der Waals surface area (Å²) >= 11 is 0. The molecule has 2 aromatic rings. The van der Waals surface area contributed by atoms with Gasteiger partial charge in [0, 0.05) is 31.2 Å². The van der Waals surface area contributed by atoms with E-state index in [9.17, 15) is 5.11 Å². The molecule has 1 N–H and O–H groups in total. The summed E-state index contributed by atoms with van der Waals surface area (Å²) in [5.74, 6) is 0.406.